The molecule has 1 saturated heterocycles. The van der Waals surface area contributed by atoms with Gasteiger partial charge in [0.2, 0.25) is 0 Å². The van der Waals surface area contributed by atoms with Crippen molar-refractivity contribution < 1.29 is 4.39 Å². The zero-order valence-electron chi connectivity index (χ0n) is 13.5. The van der Waals surface area contributed by atoms with Gasteiger partial charge in [0.1, 0.15) is 5.82 Å². The van der Waals surface area contributed by atoms with Crippen LogP contribution in [0.15, 0.2) is 42.5 Å². The summed E-state index contributed by atoms with van der Waals surface area (Å²) in [5, 5.41) is 5.16. The summed E-state index contributed by atoms with van der Waals surface area (Å²) < 4.78 is 13.0. The van der Waals surface area contributed by atoms with Crippen molar-refractivity contribution in [3.63, 3.8) is 0 Å². The Morgan fingerprint density at radius 2 is 1.72 bits per heavy atom. The summed E-state index contributed by atoms with van der Waals surface area (Å²) in [6, 6.07) is 11.8. The van der Waals surface area contributed by atoms with E-state index in [0.29, 0.717) is 15.2 Å². The lowest BCUT2D eigenvalue weighted by Crippen LogP contribution is -2.49. The van der Waals surface area contributed by atoms with Gasteiger partial charge in [-0.15, -0.1) is 0 Å². The minimum atomic E-state index is -0.258. The number of rotatable bonds is 3. The van der Waals surface area contributed by atoms with Crippen molar-refractivity contribution in [2.24, 2.45) is 0 Å². The lowest BCUT2D eigenvalue weighted by Gasteiger charge is -2.36. The van der Waals surface area contributed by atoms with Crippen LogP contribution >= 0.6 is 35.4 Å². The smallest absolute Gasteiger partial charge is 0.173 e. The van der Waals surface area contributed by atoms with E-state index in [2.05, 4.69) is 15.1 Å². The lowest BCUT2D eigenvalue weighted by atomic mass is 10.2. The van der Waals surface area contributed by atoms with Crippen LogP contribution in [0.3, 0.4) is 0 Å². The SMILES string of the molecule is Fc1ccc(NC(=S)N2CCN(Cc3ccc(Cl)cc3Cl)CC2)cc1. The van der Waals surface area contributed by atoms with Gasteiger partial charge in [0, 0.05) is 48.5 Å². The summed E-state index contributed by atoms with van der Waals surface area (Å²) in [5.74, 6) is -0.258. The van der Waals surface area contributed by atoms with E-state index in [1.54, 1.807) is 18.2 Å². The zero-order valence-corrected chi connectivity index (χ0v) is 15.8. The predicted octanol–water partition coefficient (Wildman–Crippen LogP) is 4.65. The van der Waals surface area contributed by atoms with Crippen molar-refractivity contribution in [3.8, 4) is 0 Å². The summed E-state index contributed by atoms with van der Waals surface area (Å²) in [4.78, 5) is 4.46. The fourth-order valence-electron chi connectivity index (χ4n) is 2.74. The third-order valence-corrected chi connectivity index (χ3v) is 5.11. The van der Waals surface area contributed by atoms with Gasteiger partial charge in [-0.1, -0.05) is 29.3 Å². The first-order valence-electron chi connectivity index (χ1n) is 7.99. The molecule has 0 saturated carbocycles. The van der Waals surface area contributed by atoms with E-state index < -0.39 is 0 Å². The Morgan fingerprint density at radius 1 is 1.04 bits per heavy atom. The topological polar surface area (TPSA) is 18.5 Å². The van der Waals surface area contributed by atoms with Crippen LogP contribution in [0, 0.1) is 5.82 Å². The van der Waals surface area contributed by atoms with E-state index in [0.717, 1.165) is 44.0 Å². The molecule has 1 aliphatic rings. The number of anilines is 1. The first-order valence-corrected chi connectivity index (χ1v) is 9.15. The maximum atomic E-state index is 13.0. The summed E-state index contributed by atoms with van der Waals surface area (Å²) >= 11 is 17.7. The second-order valence-electron chi connectivity index (χ2n) is 5.94. The summed E-state index contributed by atoms with van der Waals surface area (Å²) in [6.07, 6.45) is 0. The number of piperazine rings is 1. The normalized spacial score (nSPS) is 15.2. The van der Waals surface area contributed by atoms with Crippen LogP contribution < -0.4 is 5.32 Å². The fraction of sp³-hybridized carbons (Fsp3) is 0.278. The van der Waals surface area contributed by atoms with Gasteiger partial charge in [0.05, 0.1) is 0 Å². The van der Waals surface area contributed by atoms with Crippen LogP contribution in [0.4, 0.5) is 10.1 Å². The molecule has 0 spiro atoms. The third kappa shape index (κ3) is 5.05. The molecule has 1 fully saturated rings. The highest BCUT2D eigenvalue weighted by atomic mass is 35.5. The van der Waals surface area contributed by atoms with Crippen LogP contribution in [0.1, 0.15) is 5.56 Å². The summed E-state index contributed by atoms with van der Waals surface area (Å²) in [6.45, 7) is 4.24. The molecule has 0 unspecified atom stereocenters. The van der Waals surface area contributed by atoms with Crippen molar-refractivity contribution in [1.82, 2.24) is 9.80 Å². The van der Waals surface area contributed by atoms with Gasteiger partial charge in [-0.25, -0.2) is 4.39 Å². The fourth-order valence-corrected chi connectivity index (χ4v) is 3.50. The quantitative estimate of drug-likeness (QED) is 0.759. The van der Waals surface area contributed by atoms with Gasteiger partial charge in [-0.2, -0.15) is 0 Å². The molecule has 0 aliphatic carbocycles. The number of hydrogen-bond donors (Lipinski definition) is 1. The molecule has 3 nitrogen and oxygen atoms in total. The molecule has 2 aromatic rings. The predicted molar refractivity (Wildman–Crippen MR) is 106 cm³/mol. The Morgan fingerprint density at radius 3 is 2.36 bits per heavy atom. The first kappa shape index (κ1) is 18.4. The molecule has 0 aromatic heterocycles. The number of benzene rings is 2. The Balaban J connectivity index is 1.51. The number of hydrogen-bond acceptors (Lipinski definition) is 2. The highest BCUT2D eigenvalue weighted by molar-refractivity contribution is 7.80. The zero-order chi connectivity index (χ0) is 17.8. The molecule has 25 heavy (non-hydrogen) atoms. The van der Waals surface area contributed by atoms with E-state index >= 15 is 0 Å². The minimum Gasteiger partial charge on any atom is -0.346 e. The van der Waals surface area contributed by atoms with Crippen LogP contribution in [-0.4, -0.2) is 41.1 Å². The molecule has 0 amide bonds. The van der Waals surface area contributed by atoms with Crippen LogP contribution in [0.5, 0.6) is 0 Å². The summed E-state index contributed by atoms with van der Waals surface area (Å²) in [7, 11) is 0. The van der Waals surface area contributed by atoms with Crippen molar-refractivity contribution >= 4 is 46.2 Å². The van der Waals surface area contributed by atoms with E-state index in [4.69, 9.17) is 35.4 Å². The second-order valence-corrected chi connectivity index (χ2v) is 7.17. The average Bonchev–Trinajstić information content (AvgIpc) is 2.60. The number of thiocarbonyl (C=S) groups is 1. The highest BCUT2D eigenvalue weighted by Crippen LogP contribution is 2.22. The van der Waals surface area contributed by atoms with Gasteiger partial charge < -0.3 is 10.2 Å². The molecule has 2 aromatic carbocycles. The Bertz CT molecular complexity index is 746. The molecule has 132 valence electrons. The molecular formula is C18H18Cl2FN3S. The van der Waals surface area contributed by atoms with Crippen molar-refractivity contribution in [1.29, 1.82) is 0 Å². The second kappa shape index (κ2) is 8.32. The van der Waals surface area contributed by atoms with Crippen molar-refractivity contribution in [3.05, 3.63) is 63.9 Å². The van der Waals surface area contributed by atoms with Crippen molar-refractivity contribution in [2.45, 2.75) is 6.54 Å². The van der Waals surface area contributed by atoms with Gasteiger partial charge in [-0.05, 0) is 54.2 Å². The molecule has 3 rings (SSSR count). The number of nitrogens with one attached hydrogen (secondary N) is 1. The first-order chi connectivity index (χ1) is 12.0. The minimum absolute atomic E-state index is 0.258. The third-order valence-electron chi connectivity index (χ3n) is 4.16. The molecule has 1 N–H and O–H groups in total. The number of nitrogens with zero attached hydrogens (tertiary/aromatic N) is 2. The maximum Gasteiger partial charge on any atom is 0.173 e. The van der Waals surface area contributed by atoms with E-state index in [-0.39, 0.29) is 5.82 Å². The van der Waals surface area contributed by atoms with Gasteiger partial charge >= 0.3 is 0 Å². The monoisotopic (exact) mass is 397 g/mol. The molecule has 7 heteroatoms. The molecule has 0 bridgehead atoms. The van der Waals surface area contributed by atoms with Gasteiger partial charge in [0.25, 0.3) is 0 Å². The van der Waals surface area contributed by atoms with E-state index in [1.807, 2.05) is 12.1 Å². The molecule has 0 radical (unpaired) electrons. The maximum absolute atomic E-state index is 13.0. The van der Waals surface area contributed by atoms with Crippen LogP contribution in [-0.2, 0) is 6.54 Å². The van der Waals surface area contributed by atoms with E-state index in [1.165, 1.54) is 12.1 Å². The van der Waals surface area contributed by atoms with Gasteiger partial charge in [0.15, 0.2) is 5.11 Å². The highest BCUT2D eigenvalue weighted by Gasteiger charge is 2.19. The molecule has 1 aliphatic heterocycles. The Labute approximate surface area is 162 Å². The molecule has 1 heterocycles. The van der Waals surface area contributed by atoms with Crippen molar-refractivity contribution in [2.75, 3.05) is 31.5 Å². The van der Waals surface area contributed by atoms with Gasteiger partial charge in [-0.3, -0.25) is 4.90 Å². The molecule has 0 atom stereocenters. The van der Waals surface area contributed by atoms with E-state index in [9.17, 15) is 4.39 Å². The van der Waals surface area contributed by atoms with Crippen LogP contribution in [0.25, 0.3) is 0 Å². The average molecular weight is 398 g/mol. The largest absolute Gasteiger partial charge is 0.346 e. The molecular weight excluding hydrogens is 380 g/mol. The Hall–Kier alpha value is -1.40. The standard InChI is InChI=1S/C18H18Cl2FN3S/c19-14-2-1-13(17(20)11-14)12-23-7-9-24(10-8-23)18(25)22-16-5-3-15(21)4-6-16/h1-6,11H,7-10,12H2,(H,22,25). The lowest BCUT2D eigenvalue weighted by molar-refractivity contribution is 0.177. The summed E-state index contributed by atoms with van der Waals surface area (Å²) in [5.41, 5.74) is 1.87. The van der Waals surface area contributed by atoms with Crippen LogP contribution in [0.2, 0.25) is 10.0 Å². The number of halogens is 3. The Kier molecular flexibility index (Phi) is 6.12.